The van der Waals surface area contributed by atoms with Gasteiger partial charge in [0.25, 0.3) is 0 Å². The molecule has 0 bridgehead atoms. The van der Waals surface area contributed by atoms with Gasteiger partial charge in [-0.1, -0.05) is 0 Å². The van der Waals surface area contributed by atoms with Crippen molar-refractivity contribution in [2.24, 2.45) is 0 Å². The van der Waals surface area contributed by atoms with Crippen LogP contribution in [0, 0.1) is 0 Å². The summed E-state index contributed by atoms with van der Waals surface area (Å²) in [5, 5.41) is 0. The Morgan fingerprint density at radius 1 is 1.60 bits per heavy atom. The van der Waals surface area contributed by atoms with Gasteiger partial charge < -0.3 is 4.74 Å². The minimum atomic E-state index is -4.68. The Morgan fingerprint density at radius 2 is 2.20 bits per heavy atom. The van der Waals surface area contributed by atoms with Crippen LogP contribution in [-0.2, 0) is 19.8 Å². The number of esters is 1. The monoisotopic (exact) mass is 168 g/mol. The first-order valence-corrected chi connectivity index (χ1v) is 4.08. The third-order valence-electron chi connectivity index (χ3n) is 1.16. The molecule has 0 aromatic heterocycles. The highest BCUT2D eigenvalue weighted by Crippen LogP contribution is 2.19. The number of rotatable bonds is 1. The third-order valence-corrected chi connectivity index (χ3v) is 2.12. The van der Waals surface area contributed by atoms with Gasteiger partial charge in [-0.25, -0.2) is 0 Å². The Kier molecular flexibility index (Phi) is 1.63. The Morgan fingerprint density at radius 3 is 2.40 bits per heavy atom. The molecule has 1 aliphatic rings. The van der Waals surface area contributed by atoms with E-state index in [1.165, 1.54) is 0 Å². The van der Waals surface area contributed by atoms with Crippen LogP contribution in [0.3, 0.4) is 0 Å². The molecule has 1 atom stereocenters. The minimum Gasteiger partial charge on any atom is -0.443 e. The van der Waals surface area contributed by atoms with Crippen molar-refractivity contribution in [1.82, 2.24) is 0 Å². The molecular formula is C4H5FO4S. The maximum Gasteiger partial charge on any atom is 0.340 e. The van der Waals surface area contributed by atoms with E-state index in [1.54, 1.807) is 0 Å². The zero-order valence-electron chi connectivity index (χ0n) is 4.91. The van der Waals surface area contributed by atoms with Crippen LogP contribution in [0.25, 0.3) is 0 Å². The Hall–Kier alpha value is -0.650. The molecule has 1 saturated heterocycles. The highest BCUT2D eigenvalue weighted by Gasteiger charge is 2.34. The van der Waals surface area contributed by atoms with Gasteiger partial charge in [-0.3, -0.25) is 4.79 Å². The highest BCUT2D eigenvalue weighted by atomic mass is 32.3. The second-order valence-corrected chi connectivity index (χ2v) is 3.41. The van der Waals surface area contributed by atoms with Crippen molar-refractivity contribution in [3.05, 3.63) is 0 Å². The van der Waals surface area contributed by atoms with Gasteiger partial charge in [-0.05, 0) is 0 Å². The quantitative estimate of drug-likeness (QED) is 0.406. The first-order chi connectivity index (χ1) is 4.50. The van der Waals surface area contributed by atoms with Gasteiger partial charge in [-0.2, -0.15) is 8.42 Å². The summed E-state index contributed by atoms with van der Waals surface area (Å²) in [6.45, 7) is 0. The van der Waals surface area contributed by atoms with E-state index in [-0.39, 0.29) is 12.8 Å². The molecule has 0 saturated carbocycles. The summed E-state index contributed by atoms with van der Waals surface area (Å²) in [6.07, 6.45) is -0.0918. The lowest BCUT2D eigenvalue weighted by Crippen LogP contribution is -2.15. The lowest BCUT2D eigenvalue weighted by Gasteiger charge is -2.00. The average Bonchev–Trinajstić information content (AvgIpc) is 2.11. The normalized spacial score (nSPS) is 26.5. The van der Waals surface area contributed by atoms with Gasteiger partial charge in [0, 0.05) is 6.42 Å². The van der Waals surface area contributed by atoms with Crippen LogP contribution in [0.15, 0.2) is 0 Å². The van der Waals surface area contributed by atoms with Crippen LogP contribution >= 0.6 is 0 Å². The number of ether oxygens (including phenoxy) is 1. The van der Waals surface area contributed by atoms with Crippen LogP contribution in [0.2, 0.25) is 0 Å². The minimum absolute atomic E-state index is 0.0200. The Balaban J connectivity index is 2.71. The van der Waals surface area contributed by atoms with Crippen LogP contribution in [0.5, 0.6) is 0 Å². The molecule has 0 N–H and O–H groups in total. The second kappa shape index (κ2) is 2.19. The summed E-state index contributed by atoms with van der Waals surface area (Å²) in [4.78, 5) is 10.2. The van der Waals surface area contributed by atoms with Crippen molar-refractivity contribution in [2.45, 2.75) is 18.3 Å². The van der Waals surface area contributed by atoms with E-state index in [9.17, 15) is 17.1 Å². The molecule has 58 valence electrons. The topological polar surface area (TPSA) is 60.4 Å². The molecule has 0 aliphatic carbocycles. The van der Waals surface area contributed by atoms with Gasteiger partial charge in [0.2, 0.25) is 5.44 Å². The standard InChI is InChI=1S/C4H5FO4S/c5-10(7,8)4-2-1-3(6)9-4/h4H,1-2H2. The molecule has 0 aromatic carbocycles. The summed E-state index contributed by atoms with van der Waals surface area (Å²) in [5.41, 5.74) is -1.56. The molecule has 0 radical (unpaired) electrons. The maximum absolute atomic E-state index is 12.0. The lowest BCUT2D eigenvalue weighted by atomic mass is 10.4. The van der Waals surface area contributed by atoms with Crippen molar-refractivity contribution in [1.29, 1.82) is 0 Å². The van der Waals surface area contributed by atoms with E-state index in [2.05, 4.69) is 4.74 Å². The van der Waals surface area contributed by atoms with Crippen molar-refractivity contribution >= 4 is 16.2 Å². The molecule has 1 unspecified atom stereocenters. The van der Waals surface area contributed by atoms with E-state index in [1.807, 2.05) is 0 Å². The predicted molar refractivity (Wildman–Crippen MR) is 29.1 cm³/mol. The molecule has 1 fully saturated rings. The first kappa shape index (κ1) is 7.46. The number of cyclic esters (lactones) is 1. The van der Waals surface area contributed by atoms with Crippen molar-refractivity contribution in [3.63, 3.8) is 0 Å². The third kappa shape index (κ3) is 1.44. The van der Waals surface area contributed by atoms with Crippen molar-refractivity contribution in [3.8, 4) is 0 Å². The van der Waals surface area contributed by atoms with E-state index in [0.717, 1.165) is 0 Å². The fraction of sp³-hybridized carbons (Fsp3) is 0.750. The molecular weight excluding hydrogens is 163 g/mol. The zero-order valence-corrected chi connectivity index (χ0v) is 5.73. The summed E-state index contributed by atoms with van der Waals surface area (Å²) < 4.78 is 36.2. The zero-order chi connectivity index (χ0) is 7.78. The van der Waals surface area contributed by atoms with Gasteiger partial charge >= 0.3 is 16.2 Å². The number of hydrogen-bond donors (Lipinski definition) is 0. The molecule has 10 heavy (non-hydrogen) atoms. The maximum atomic E-state index is 12.0. The SMILES string of the molecule is O=C1CCC(S(=O)(=O)F)O1. The number of halogens is 1. The van der Waals surface area contributed by atoms with Crippen LogP contribution in [0.4, 0.5) is 3.89 Å². The Bertz CT molecular complexity index is 244. The molecule has 1 heterocycles. The molecule has 0 spiro atoms. The molecule has 1 aliphatic heterocycles. The molecule has 4 nitrogen and oxygen atoms in total. The molecule has 0 amide bonds. The highest BCUT2D eigenvalue weighted by molar-refractivity contribution is 7.86. The second-order valence-electron chi connectivity index (χ2n) is 1.93. The number of hydrogen-bond acceptors (Lipinski definition) is 4. The van der Waals surface area contributed by atoms with E-state index in [0.29, 0.717) is 0 Å². The number of carbonyl (C=O) groups is 1. The largest absolute Gasteiger partial charge is 0.443 e. The Labute approximate surface area is 57.2 Å². The van der Waals surface area contributed by atoms with E-state index in [4.69, 9.17) is 0 Å². The predicted octanol–water partition coefficient (Wildman–Crippen LogP) is -0.0512. The lowest BCUT2D eigenvalue weighted by molar-refractivity contribution is -0.139. The molecule has 1 rings (SSSR count). The summed E-state index contributed by atoms with van der Waals surface area (Å²) in [5.74, 6) is -0.661. The first-order valence-electron chi connectivity index (χ1n) is 2.63. The average molecular weight is 168 g/mol. The van der Waals surface area contributed by atoms with Crippen LogP contribution in [-0.4, -0.2) is 19.8 Å². The van der Waals surface area contributed by atoms with Gasteiger partial charge in [0.1, 0.15) is 0 Å². The van der Waals surface area contributed by atoms with Crippen LogP contribution in [0.1, 0.15) is 12.8 Å². The smallest absolute Gasteiger partial charge is 0.340 e. The summed E-state index contributed by atoms with van der Waals surface area (Å²) in [6, 6.07) is 0. The van der Waals surface area contributed by atoms with E-state index < -0.39 is 21.6 Å². The molecule has 6 heteroatoms. The molecule has 0 aromatic rings. The summed E-state index contributed by atoms with van der Waals surface area (Å²) >= 11 is 0. The fourth-order valence-corrected chi connectivity index (χ4v) is 1.32. The van der Waals surface area contributed by atoms with Crippen LogP contribution < -0.4 is 0 Å². The van der Waals surface area contributed by atoms with E-state index >= 15 is 0 Å². The van der Waals surface area contributed by atoms with Crippen molar-refractivity contribution in [2.75, 3.05) is 0 Å². The fourth-order valence-electron chi connectivity index (χ4n) is 0.698. The van der Waals surface area contributed by atoms with Gasteiger partial charge in [0.05, 0.1) is 6.42 Å². The summed E-state index contributed by atoms with van der Waals surface area (Å²) in [7, 11) is -4.68. The van der Waals surface area contributed by atoms with Crippen molar-refractivity contribution < 1.29 is 21.8 Å². The number of carbonyl (C=O) groups excluding carboxylic acids is 1. The van der Waals surface area contributed by atoms with Gasteiger partial charge in [-0.15, -0.1) is 3.89 Å². The van der Waals surface area contributed by atoms with Gasteiger partial charge in [0.15, 0.2) is 0 Å².